The summed E-state index contributed by atoms with van der Waals surface area (Å²) >= 11 is 0. The Hall–Kier alpha value is -3.43. The minimum atomic E-state index is -0.654. The van der Waals surface area contributed by atoms with Crippen molar-refractivity contribution in [2.75, 3.05) is 32.8 Å². The Bertz CT molecular complexity index is 920. The fraction of sp³-hybridized carbons (Fsp3) is 0.348. The molecule has 9 nitrogen and oxygen atoms in total. The average molecular weight is 441 g/mol. The number of nitrogens with one attached hydrogen (secondary N) is 3. The highest BCUT2D eigenvalue weighted by atomic mass is 16.5. The van der Waals surface area contributed by atoms with Crippen LogP contribution in [0.25, 0.3) is 0 Å². The summed E-state index contributed by atoms with van der Waals surface area (Å²) in [5.74, 6) is 0.878. The molecule has 1 heterocycles. The third kappa shape index (κ3) is 7.68. The first kappa shape index (κ1) is 23.2. The van der Waals surface area contributed by atoms with E-state index < -0.39 is 6.10 Å². The molecule has 1 unspecified atom stereocenters. The van der Waals surface area contributed by atoms with Crippen LogP contribution in [0.2, 0.25) is 0 Å². The fourth-order valence-electron chi connectivity index (χ4n) is 3.02. The minimum absolute atomic E-state index is 0.114. The summed E-state index contributed by atoms with van der Waals surface area (Å²) in [5.41, 5.74) is 3.95. The molecule has 0 fully saturated rings. The van der Waals surface area contributed by atoms with Crippen molar-refractivity contribution in [3.8, 4) is 11.5 Å². The molecule has 0 saturated carbocycles. The van der Waals surface area contributed by atoms with E-state index in [1.54, 1.807) is 6.07 Å². The lowest BCUT2D eigenvalue weighted by Crippen LogP contribution is -2.38. The van der Waals surface area contributed by atoms with Crippen LogP contribution in [0.5, 0.6) is 11.5 Å². The number of hydrogen-bond acceptors (Lipinski definition) is 7. The zero-order valence-electron chi connectivity index (χ0n) is 17.8. The maximum atomic E-state index is 12.1. The summed E-state index contributed by atoms with van der Waals surface area (Å²) in [6.45, 7) is 1.30. The average Bonchev–Trinajstić information content (AvgIpc) is 2.82. The second kappa shape index (κ2) is 12.4. The normalized spacial score (nSPS) is 14.2. The Kier molecular flexibility index (Phi) is 9.03. The number of aliphatic hydroxyl groups excluding tert-OH is 1. The first-order chi connectivity index (χ1) is 15.6. The number of carbonyl (C=O) groups excluding carboxylic acids is 2. The van der Waals surface area contributed by atoms with E-state index >= 15 is 0 Å². The number of carbonyl (C=O) groups is 2. The smallest absolute Gasteiger partial charge is 0.257 e. The number of amides is 2. The van der Waals surface area contributed by atoms with Gasteiger partial charge in [0, 0.05) is 38.0 Å². The van der Waals surface area contributed by atoms with E-state index in [1.807, 2.05) is 48.5 Å². The zero-order valence-corrected chi connectivity index (χ0v) is 17.8. The molecule has 32 heavy (non-hydrogen) atoms. The van der Waals surface area contributed by atoms with Gasteiger partial charge in [-0.25, -0.2) is 5.43 Å². The van der Waals surface area contributed by atoms with Crippen molar-refractivity contribution in [3.63, 3.8) is 0 Å². The van der Waals surface area contributed by atoms with Crippen molar-refractivity contribution in [3.05, 3.63) is 60.2 Å². The molecular weight excluding hydrogens is 412 g/mol. The van der Waals surface area contributed by atoms with Crippen molar-refractivity contribution < 1.29 is 24.2 Å². The van der Waals surface area contributed by atoms with Gasteiger partial charge in [-0.15, -0.1) is 0 Å². The van der Waals surface area contributed by atoms with Gasteiger partial charge in [0.05, 0.1) is 5.71 Å². The molecule has 1 aliphatic heterocycles. The highest BCUT2D eigenvalue weighted by Gasteiger charge is 2.17. The molecule has 0 aromatic heterocycles. The van der Waals surface area contributed by atoms with Crippen molar-refractivity contribution >= 4 is 17.5 Å². The third-order valence-corrected chi connectivity index (χ3v) is 4.65. The van der Waals surface area contributed by atoms with Crippen molar-refractivity contribution in [2.24, 2.45) is 5.10 Å². The molecule has 0 aliphatic carbocycles. The van der Waals surface area contributed by atoms with Crippen molar-refractivity contribution in [1.82, 2.24) is 16.1 Å². The highest BCUT2D eigenvalue weighted by Crippen LogP contribution is 2.21. The van der Waals surface area contributed by atoms with E-state index in [-0.39, 0.29) is 25.0 Å². The van der Waals surface area contributed by atoms with Gasteiger partial charge in [-0.2, -0.15) is 5.10 Å². The lowest BCUT2D eigenvalue weighted by molar-refractivity contribution is -0.123. The lowest BCUT2D eigenvalue weighted by Gasteiger charge is -2.16. The van der Waals surface area contributed by atoms with Gasteiger partial charge in [-0.05, 0) is 24.3 Å². The van der Waals surface area contributed by atoms with Crippen LogP contribution in [0.3, 0.4) is 0 Å². The standard InChI is InChI=1S/C23H28N4O5/c28-17(15-31-18-6-2-1-3-7-18)14-24-12-13-25-23(30)16-32-21-9-5-4-8-19(21)20-10-11-22(29)27-26-20/h1-9,17,24,28H,10-16H2,(H,25,30)(H,27,29). The lowest BCUT2D eigenvalue weighted by atomic mass is 10.0. The Balaban J connectivity index is 1.31. The first-order valence-corrected chi connectivity index (χ1v) is 10.5. The van der Waals surface area contributed by atoms with Crippen LogP contribution in [-0.2, 0) is 9.59 Å². The van der Waals surface area contributed by atoms with Crippen molar-refractivity contribution in [1.29, 1.82) is 0 Å². The molecular formula is C23H28N4O5. The Morgan fingerprint density at radius 1 is 1.06 bits per heavy atom. The molecule has 0 saturated heterocycles. The van der Waals surface area contributed by atoms with Gasteiger partial charge < -0.3 is 25.2 Å². The molecule has 2 aromatic carbocycles. The van der Waals surface area contributed by atoms with Crippen LogP contribution >= 0.6 is 0 Å². The molecule has 1 atom stereocenters. The van der Waals surface area contributed by atoms with Crippen LogP contribution in [0.4, 0.5) is 0 Å². The van der Waals surface area contributed by atoms with Gasteiger partial charge in [0.2, 0.25) is 5.91 Å². The topological polar surface area (TPSA) is 121 Å². The van der Waals surface area contributed by atoms with Gasteiger partial charge in [0.25, 0.3) is 5.91 Å². The Morgan fingerprint density at radius 3 is 2.62 bits per heavy atom. The molecule has 0 spiro atoms. The van der Waals surface area contributed by atoms with Gasteiger partial charge in [0.1, 0.15) is 24.2 Å². The number of nitrogens with zero attached hydrogens (tertiary/aromatic N) is 1. The van der Waals surface area contributed by atoms with E-state index in [2.05, 4.69) is 21.2 Å². The van der Waals surface area contributed by atoms with E-state index in [0.717, 1.165) is 11.3 Å². The Morgan fingerprint density at radius 2 is 1.84 bits per heavy atom. The largest absolute Gasteiger partial charge is 0.491 e. The number of ether oxygens (including phenoxy) is 2. The Labute approximate surface area is 186 Å². The van der Waals surface area contributed by atoms with Crippen molar-refractivity contribution in [2.45, 2.75) is 18.9 Å². The number of rotatable bonds is 12. The number of hydrazone groups is 1. The SMILES string of the molecule is O=C(COc1ccccc1C1=NNC(=O)CC1)NCCNCC(O)COc1ccccc1. The second-order valence-corrected chi connectivity index (χ2v) is 7.21. The summed E-state index contributed by atoms with van der Waals surface area (Å²) in [6.07, 6.45) is 0.235. The number of benzene rings is 2. The van der Waals surface area contributed by atoms with Crippen LogP contribution < -0.4 is 25.5 Å². The number of hydrogen-bond donors (Lipinski definition) is 4. The van der Waals surface area contributed by atoms with Gasteiger partial charge in [0.15, 0.2) is 6.61 Å². The molecule has 3 rings (SSSR count). The van der Waals surface area contributed by atoms with E-state index in [9.17, 15) is 14.7 Å². The van der Waals surface area contributed by atoms with Gasteiger partial charge >= 0.3 is 0 Å². The predicted octanol–water partition coefficient (Wildman–Crippen LogP) is 0.825. The summed E-state index contributed by atoms with van der Waals surface area (Å²) in [5, 5.41) is 19.9. The molecule has 4 N–H and O–H groups in total. The monoisotopic (exact) mass is 440 g/mol. The third-order valence-electron chi connectivity index (χ3n) is 4.65. The summed E-state index contributed by atoms with van der Waals surface area (Å²) in [6, 6.07) is 16.6. The molecule has 9 heteroatoms. The highest BCUT2D eigenvalue weighted by molar-refractivity contribution is 6.06. The number of aliphatic hydroxyl groups is 1. The van der Waals surface area contributed by atoms with E-state index in [0.29, 0.717) is 44.0 Å². The number of para-hydroxylation sites is 2. The maximum absolute atomic E-state index is 12.1. The first-order valence-electron chi connectivity index (χ1n) is 10.5. The predicted molar refractivity (Wildman–Crippen MR) is 120 cm³/mol. The molecule has 2 aromatic rings. The fourth-order valence-corrected chi connectivity index (χ4v) is 3.02. The second-order valence-electron chi connectivity index (χ2n) is 7.21. The van der Waals surface area contributed by atoms with Crippen LogP contribution in [-0.4, -0.2) is 61.6 Å². The molecule has 2 amide bonds. The van der Waals surface area contributed by atoms with Crippen LogP contribution in [0.1, 0.15) is 18.4 Å². The van der Waals surface area contributed by atoms with Gasteiger partial charge in [-0.3, -0.25) is 9.59 Å². The molecule has 1 aliphatic rings. The maximum Gasteiger partial charge on any atom is 0.257 e. The molecule has 0 bridgehead atoms. The minimum Gasteiger partial charge on any atom is -0.491 e. The molecule has 170 valence electrons. The summed E-state index contributed by atoms with van der Waals surface area (Å²) < 4.78 is 11.2. The van der Waals surface area contributed by atoms with Gasteiger partial charge in [-0.1, -0.05) is 30.3 Å². The summed E-state index contributed by atoms with van der Waals surface area (Å²) in [4.78, 5) is 23.4. The van der Waals surface area contributed by atoms with Crippen LogP contribution in [0, 0.1) is 0 Å². The quantitative estimate of drug-likeness (QED) is 0.363. The van der Waals surface area contributed by atoms with E-state index in [1.165, 1.54) is 0 Å². The summed E-state index contributed by atoms with van der Waals surface area (Å²) in [7, 11) is 0. The van der Waals surface area contributed by atoms with E-state index in [4.69, 9.17) is 9.47 Å². The molecule has 0 radical (unpaired) electrons. The van der Waals surface area contributed by atoms with Crippen LogP contribution in [0.15, 0.2) is 59.7 Å². The zero-order chi connectivity index (χ0) is 22.6.